The molecular formula is C11H12N2O. The van der Waals surface area contributed by atoms with E-state index in [1.807, 2.05) is 42.4 Å². The lowest BCUT2D eigenvalue weighted by Gasteiger charge is -2.13. The Hall–Kier alpha value is -1.77. The molecule has 0 amide bonds. The fraction of sp³-hybridized carbons (Fsp3) is 0.182. The number of aromatic nitrogens is 1. The topological polar surface area (TPSA) is 36.1 Å². The molecule has 2 rings (SSSR count). The third-order valence-corrected chi connectivity index (χ3v) is 2.33. The number of benzene rings is 1. The lowest BCUT2D eigenvalue weighted by Crippen LogP contribution is -2.18. The van der Waals surface area contributed by atoms with Crippen molar-refractivity contribution >= 4 is 22.9 Å². The normalized spacial score (nSPS) is 10.4. The number of aldehydes is 1. The van der Waals surface area contributed by atoms with Gasteiger partial charge < -0.3 is 14.7 Å². The summed E-state index contributed by atoms with van der Waals surface area (Å²) >= 11 is 0. The maximum atomic E-state index is 10.4. The van der Waals surface area contributed by atoms with Crippen molar-refractivity contribution in [2.45, 2.75) is 0 Å². The van der Waals surface area contributed by atoms with Gasteiger partial charge in [0.1, 0.15) is 6.29 Å². The molecule has 1 N–H and O–H groups in total. The maximum absolute atomic E-state index is 10.4. The van der Waals surface area contributed by atoms with Gasteiger partial charge in [0.15, 0.2) is 0 Å². The van der Waals surface area contributed by atoms with Crippen LogP contribution in [0.2, 0.25) is 0 Å². The summed E-state index contributed by atoms with van der Waals surface area (Å²) in [6, 6.07) is 8.05. The van der Waals surface area contributed by atoms with Crippen molar-refractivity contribution in [2.24, 2.45) is 0 Å². The number of fused-ring (bicyclic) bond motifs is 1. The second-order valence-electron chi connectivity index (χ2n) is 3.27. The van der Waals surface area contributed by atoms with Crippen LogP contribution in [-0.2, 0) is 4.79 Å². The molecule has 1 aromatic heterocycles. The van der Waals surface area contributed by atoms with E-state index in [4.69, 9.17) is 0 Å². The fourth-order valence-corrected chi connectivity index (χ4v) is 1.58. The summed E-state index contributed by atoms with van der Waals surface area (Å²) in [5.41, 5.74) is 2.16. The smallest absolute Gasteiger partial charge is 0.139 e. The molecule has 0 aliphatic heterocycles. The molecule has 0 unspecified atom stereocenters. The molecule has 3 nitrogen and oxygen atoms in total. The number of carbonyl (C=O) groups is 1. The van der Waals surface area contributed by atoms with E-state index in [1.54, 1.807) is 0 Å². The Bertz CT molecular complexity index is 447. The van der Waals surface area contributed by atoms with Crippen LogP contribution in [-0.4, -0.2) is 24.9 Å². The SMILES string of the molecule is CN(CC=O)c1c[nH]c2ccccc12. The van der Waals surface area contributed by atoms with Crippen molar-refractivity contribution in [2.75, 3.05) is 18.5 Å². The number of nitrogens with one attached hydrogen (secondary N) is 1. The third kappa shape index (κ3) is 1.37. The van der Waals surface area contributed by atoms with Crippen molar-refractivity contribution in [3.8, 4) is 0 Å². The molecule has 0 radical (unpaired) electrons. The quantitative estimate of drug-likeness (QED) is 0.745. The number of para-hydroxylation sites is 1. The number of aromatic amines is 1. The van der Waals surface area contributed by atoms with Crippen LogP contribution in [0.25, 0.3) is 10.9 Å². The average molecular weight is 188 g/mol. The number of H-pyrrole nitrogens is 1. The van der Waals surface area contributed by atoms with Crippen molar-refractivity contribution in [3.63, 3.8) is 0 Å². The van der Waals surface area contributed by atoms with E-state index < -0.39 is 0 Å². The van der Waals surface area contributed by atoms with Crippen molar-refractivity contribution in [1.29, 1.82) is 0 Å². The molecule has 0 bridgehead atoms. The molecule has 0 aliphatic rings. The van der Waals surface area contributed by atoms with Gasteiger partial charge in [0.05, 0.1) is 12.2 Å². The molecule has 3 heteroatoms. The van der Waals surface area contributed by atoms with Gasteiger partial charge in [-0.25, -0.2) is 0 Å². The molecule has 0 atom stereocenters. The minimum atomic E-state index is 0.418. The number of nitrogens with zero attached hydrogens (tertiary/aromatic N) is 1. The Morgan fingerprint density at radius 3 is 3.00 bits per heavy atom. The van der Waals surface area contributed by atoms with Gasteiger partial charge in [-0.2, -0.15) is 0 Å². The summed E-state index contributed by atoms with van der Waals surface area (Å²) < 4.78 is 0. The maximum Gasteiger partial charge on any atom is 0.139 e. The van der Waals surface area contributed by atoms with Crippen molar-refractivity contribution in [3.05, 3.63) is 30.5 Å². The van der Waals surface area contributed by atoms with Crippen LogP contribution in [0.4, 0.5) is 5.69 Å². The lowest BCUT2D eigenvalue weighted by molar-refractivity contribution is -0.106. The highest BCUT2D eigenvalue weighted by atomic mass is 16.1. The number of hydrogen-bond donors (Lipinski definition) is 1. The lowest BCUT2D eigenvalue weighted by atomic mass is 10.2. The van der Waals surface area contributed by atoms with Gasteiger partial charge in [-0.3, -0.25) is 0 Å². The van der Waals surface area contributed by atoms with Gasteiger partial charge in [-0.1, -0.05) is 18.2 Å². The van der Waals surface area contributed by atoms with Gasteiger partial charge >= 0.3 is 0 Å². The first-order valence-electron chi connectivity index (χ1n) is 4.54. The van der Waals surface area contributed by atoms with Gasteiger partial charge in [0, 0.05) is 24.1 Å². The van der Waals surface area contributed by atoms with E-state index >= 15 is 0 Å². The zero-order valence-corrected chi connectivity index (χ0v) is 8.03. The summed E-state index contributed by atoms with van der Waals surface area (Å²) in [4.78, 5) is 15.5. The van der Waals surface area contributed by atoms with Crippen LogP contribution in [0.3, 0.4) is 0 Å². The Balaban J connectivity index is 2.47. The third-order valence-electron chi connectivity index (χ3n) is 2.33. The molecule has 0 saturated carbocycles. The zero-order valence-electron chi connectivity index (χ0n) is 8.03. The van der Waals surface area contributed by atoms with Gasteiger partial charge in [0.2, 0.25) is 0 Å². The predicted molar refractivity (Wildman–Crippen MR) is 57.6 cm³/mol. The molecule has 0 aliphatic carbocycles. The van der Waals surface area contributed by atoms with Crippen molar-refractivity contribution < 1.29 is 4.79 Å². The molecule has 0 saturated heterocycles. The fourth-order valence-electron chi connectivity index (χ4n) is 1.58. The predicted octanol–water partition coefficient (Wildman–Crippen LogP) is 1.80. The number of anilines is 1. The van der Waals surface area contributed by atoms with Crippen LogP contribution >= 0.6 is 0 Å². The minimum Gasteiger partial charge on any atom is -0.366 e. The minimum absolute atomic E-state index is 0.418. The Morgan fingerprint density at radius 1 is 1.43 bits per heavy atom. The molecule has 72 valence electrons. The zero-order chi connectivity index (χ0) is 9.97. The van der Waals surface area contributed by atoms with Crippen LogP contribution in [0.1, 0.15) is 0 Å². The van der Waals surface area contributed by atoms with Gasteiger partial charge in [0.25, 0.3) is 0 Å². The first kappa shape index (κ1) is 8.81. The summed E-state index contributed by atoms with van der Waals surface area (Å²) in [6.07, 6.45) is 2.83. The van der Waals surface area contributed by atoms with Gasteiger partial charge in [-0.15, -0.1) is 0 Å². The molecule has 2 aromatic rings. The summed E-state index contributed by atoms with van der Waals surface area (Å²) in [6.45, 7) is 0.418. The van der Waals surface area contributed by atoms with Crippen LogP contribution in [0, 0.1) is 0 Å². The molecular weight excluding hydrogens is 176 g/mol. The standard InChI is InChI=1S/C11H12N2O/c1-13(6-7-14)11-8-12-10-5-3-2-4-9(10)11/h2-5,7-8,12H,6H2,1H3. The number of likely N-dealkylation sites (N-methyl/N-ethyl adjacent to an activating group) is 1. The Morgan fingerprint density at radius 2 is 2.21 bits per heavy atom. The first-order chi connectivity index (χ1) is 6.83. The van der Waals surface area contributed by atoms with E-state index in [0.717, 1.165) is 22.9 Å². The first-order valence-corrected chi connectivity index (χ1v) is 4.54. The van der Waals surface area contributed by atoms with Gasteiger partial charge in [-0.05, 0) is 6.07 Å². The van der Waals surface area contributed by atoms with Crippen LogP contribution in [0.15, 0.2) is 30.5 Å². The Kier molecular flexibility index (Phi) is 2.23. The second-order valence-corrected chi connectivity index (χ2v) is 3.27. The highest BCUT2D eigenvalue weighted by Gasteiger charge is 2.06. The van der Waals surface area contributed by atoms with E-state index in [-0.39, 0.29) is 0 Å². The van der Waals surface area contributed by atoms with E-state index in [1.165, 1.54) is 0 Å². The van der Waals surface area contributed by atoms with Crippen LogP contribution < -0.4 is 4.90 Å². The average Bonchev–Trinajstić information content (AvgIpc) is 2.61. The number of hydrogen-bond acceptors (Lipinski definition) is 2. The number of rotatable bonds is 3. The molecule has 0 spiro atoms. The molecule has 1 heterocycles. The second kappa shape index (κ2) is 3.54. The molecule has 0 fully saturated rings. The highest BCUT2D eigenvalue weighted by molar-refractivity contribution is 5.93. The summed E-state index contributed by atoms with van der Waals surface area (Å²) in [7, 11) is 1.91. The Labute approximate surface area is 82.3 Å². The summed E-state index contributed by atoms with van der Waals surface area (Å²) in [5.74, 6) is 0. The summed E-state index contributed by atoms with van der Waals surface area (Å²) in [5, 5.41) is 1.15. The molecule has 1 aromatic carbocycles. The molecule has 14 heavy (non-hydrogen) atoms. The van der Waals surface area contributed by atoms with Crippen molar-refractivity contribution in [1.82, 2.24) is 4.98 Å². The van der Waals surface area contributed by atoms with E-state index in [2.05, 4.69) is 4.98 Å². The van der Waals surface area contributed by atoms with Crippen LogP contribution in [0.5, 0.6) is 0 Å². The largest absolute Gasteiger partial charge is 0.366 e. The van der Waals surface area contributed by atoms with E-state index in [9.17, 15) is 4.79 Å². The number of carbonyl (C=O) groups excluding carboxylic acids is 1. The monoisotopic (exact) mass is 188 g/mol. The highest BCUT2D eigenvalue weighted by Crippen LogP contribution is 2.24. The van der Waals surface area contributed by atoms with E-state index in [0.29, 0.717) is 6.54 Å².